The predicted molar refractivity (Wildman–Crippen MR) is 168 cm³/mol. The summed E-state index contributed by atoms with van der Waals surface area (Å²) >= 11 is 0. The van der Waals surface area contributed by atoms with Crippen molar-refractivity contribution >= 4 is 5.71 Å². The minimum atomic E-state index is -0.0139. The Bertz CT molecular complexity index is 1750. The predicted octanol–water partition coefficient (Wildman–Crippen LogP) is 6.16. The maximum Gasteiger partial charge on any atom is 0.204 e. The van der Waals surface area contributed by atoms with Gasteiger partial charge in [0.2, 0.25) is 11.5 Å². The van der Waals surface area contributed by atoms with Gasteiger partial charge in [-0.05, 0) is 78.4 Å². The first-order valence-corrected chi connectivity index (χ1v) is 15.0. The number of benzene rings is 4. The lowest BCUT2D eigenvalue weighted by atomic mass is 9.87. The second-order valence-corrected chi connectivity index (χ2v) is 11.7. The molecule has 0 fully saturated rings. The van der Waals surface area contributed by atoms with Crippen LogP contribution in [0.25, 0.3) is 0 Å². The Morgan fingerprint density at radius 2 is 1.52 bits per heavy atom. The highest BCUT2D eigenvalue weighted by Gasteiger charge is 2.33. The van der Waals surface area contributed by atoms with Crippen molar-refractivity contribution in [3.63, 3.8) is 0 Å². The van der Waals surface area contributed by atoms with Crippen molar-refractivity contribution in [2.45, 2.75) is 38.3 Å². The maximum absolute atomic E-state index is 11.5. The van der Waals surface area contributed by atoms with Crippen LogP contribution in [0.1, 0.15) is 45.0 Å². The van der Waals surface area contributed by atoms with E-state index in [0.717, 1.165) is 58.5 Å². The molecular weight excluding hydrogens is 556 g/mol. The van der Waals surface area contributed by atoms with E-state index in [1.54, 1.807) is 14.2 Å². The van der Waals surface area contributed by atoms with Crippen LogP contribution in [0.2, 0.25) is 0 Å². The molecule has 8 nitrogen and oxygen atoms in total. The van der Waals surface area contributed by atoms with Crippen LogP contribution in [0, 0.1) is 0 Å². The fourth-order valence-corrected chi connectivity index (χ4v) is 6.61. The monoisotopic (exact) mass is 592 g/mol. The summed E-state index contributed by atoms with van der Waals surface area (Å²) in [6.45, 7) is 1.78. The highest BCUT2D eigenvalue weighted by Crippen LogP contribution is 2.49. The molecule has 6 heterocycles. The lowest BCUT2D eigenvalue weighted by Gasteiger charge is -2.36. The molecule has 0 saturated heterocycles. The molecule has 6 aliphatic heterocycles. The molecule has 0 saturated carbocycles. The fourth-order valence-electron chi connectivity index (χ4n) is 6.61. The van der Waals surface area contributed by atoms with E-state index >= 15 is 0 Å². The quantitative estimate of drug-likeness (QED) is 0.288. The van der Waals surface area contributed by atoms with E-state index in [9.17, 15) is 10.2 Å². The lowest BCUT2D eigenvalue weighted by Crippen LogP contribution is -2.33. The van der Waals surface area contributed by atoms with E-state index in [4.69, 9.17) is 23.9 Å². The number of methoxy groups -OCH3 is 2. The van der Waals surface area contributed by atoms with Crippen molar-refractivity contribution in [2.24, 2.45) is 4.99 Å². The number of hydrogen-bond donors (Lipinski definition) is 2. The largest absolute Gasteiger partial charge is 0.504 e. The van der Waals surface area contributed by atoms with E-state index in [1.807, 2.05) is 36.4 Å². The van der Waals surface area contributed by atoms with E-state index < -0.39 is 0 Å². The molecule has 0 spiro atoms. The van der Waals surface area contributed by atoms with Gasteiger partial charge in [0.1, 0.15) is 12.4 Å². The molecule has 6 bridgehead atoms. The SMILES string of the molecule is COc1cc2c3c(c1O)Oc1ccc(cc1)CC1=NCCc4cc(OC)c(c(O)c41)OCc1ccc(cc1)CC3N(C)CC2. The Balaban J connectivity index is 1.36. The smallest absolute Gasteiger partial charge is 0.204 e. The summed E-state index contributed by atoms with van der Waals surface area (Å²) < 4.78 is 23.9. The molecule has 44 heavy (non-hydrogen) atoms. The molecule has 4 aromatic carbocycles. The molecule has 0 aromatic heterocycles. The zero-order valence-electron chi connectivity index (χ0n) is 25.2. The van der Waals surface area contributed by atoms with Gasteiger partial charge >= 0.3 is 0 Å². The number of ether oxygens (including phenoxy) is 4. The highest BCUT2D eigenvalue weighted by molar-refractivity contribution is 6.07. The maximum atomic E-state index is 11.5. The standard InChI is InChI=1S/C36H36N2O6/c1-38-15-13-25-18-29(41-2)33(39)36-32(25)28(38)17-22-4-6-23(7-5-22)20-43-35-30(42-3)19-24-12-14-37-27(31(24)34(35)40)16-21-8-10-26(44-36)11-9-21/h4-11,18-19,28,39-40H,12-17,20H2,1-3H3. The summed E-state index contributed by atoms with van der Waals surface area (Å²) in [5.41, 5.74) is 7.73. The number of phenolic OH excluding ortho intramolecular Hbond substituents is 2. The fraction of sp³-hybridized carbons (Fsp3) is 0.306. The third-order valence-electron chi connectivity index (χ3n) is 9.01. The Morgan fingerprint density at radius 3 is 2.27 bits per heavy atom. The second kappa shape index (κ2) is 11.4. The van der Waals surface area contributed by atoms with Crippen LogP contribution in [0.5, 0.6) is 40.2 Å². The number of phenols is 2. The van der Waals surface area contributed by atoms with Gasteiger partial charge in [0.05, 0.1) is 19.9 Å². The molecular formula is C36H36N2O6. The van der Waals surface area contributed by atoms with Crippen LogP contribution >= 0.6 is 0 Å². The summed E-state index contributed by atoms with van der Waals surface area (Å²) in [6.07, 6.45) is 2.79. The van der Waals surface area contributed by atoms with Gasteiger partial charge < -0.3 is 29.2 Å². The van der Waals surface area contributed by atoms with Crippen molar-refractivity contribution in [3.05, 3.63) is 99.6 Å². The van der Waals surface area contributed by atoms with Crippen LogP contribution in [-0.4, -0.2) is 55.2 Å². The lowest BCUT2D eigenvalue weighted by molar-refractivity contribution is 0.222. The molecule has 0 radical (unpaired) electrons. The van der Waals surface area contributed by atoms with Crippen molar-refractivity contribution in [1.82, 2.24) is 4.90 Å². The van der Waals surface area contributed by atoms with Gasteiger partial charge in [0.15, 0.2) is 23.0 Å². The third kappa shape index (κ3) is 4.99. The molecule has 0 amide bonds. The summed E-state index contributed by atoms with van der Waals surface area (Å²) in [4.78, 5) is 7.12. The summed E-state index contributed by atoms with van der Waals surface area (Å²) in [6, 6.07) is 20.0. The Labute approximate surface area is 257 Å². The first-order chi connectivity index (χ1) is 21.4. The topological polar surface area (TPSA) is 93.0 Å². The number of aromatic hydroxyl groups is 2. The summed E-state index contributed by atoms with van der Waals surface area (Å²) in [5, 5.41) is 22.8. The number of hydrogen-bond acceptors (Lipinski definition) is 8. The molecule has 1 atom stereocenters. The van der Waals surface area contributed by atoms with Crippen LogP contribution in [0.4, 0.5) is 0 Å². The van der Waals surface area contributed by atoms with Gasteiger partial charge in [-0.1, -0.05) is 36.4 Å². The third-order valence-corrected chi connectivity index (χ3v) is 9.01. The molecule has 2 N–H and O–H groups in total. The molecule has 226 valence electrons. The first kappa shape index (κ1) is 28.1. The van der Waals surface area contributed by atoms with Gasteiger partial charge in [-0.3, -0.25) is 9.89 Å². The van der Waals surface area contributed by atoms with E-state index in [0.29, 0.717) is 53.7 Å². The Hall–Kier alpha value is -4.69. The van der Waals surface area contributed by atoms with Crippen molar-refractivity contribution < 1.29 is 29.2 Å². The van der Waals surface area contributed by atoms with Gasteiger partial charge in [-0.15, -0.1) is 0 Å². The van der Waals surface area contributed by atoms with Crippen LogP contribution in [0.15, 0.2) is 65.7 Å². The van der Waals surface area contributed by atoms with Crippen LogP contribution in [-0.2, 0) is 32.3 Å². The summed E-state index contributed by atoms with van der Waals surface area (Å²) in [7, 11) is 5.27. The Kier molecular flexibility index (Phi) is 7.30. The normalized spacial score (nSPS) is 17.6. The minimum Gasteiger partial charge on any atom is -0.504 e. The van der Waals surface area contributed by atoms with E-state index in [-0.39, 0.29) is 24.1 Å². The average molecular weight is 593 g/mol. The van der Waals surface area contributed by atoms with Gasteiger partial charge in [0.25, 0.3) is 0 Å². The zero-order valence-corrected chi connectivity index (χ0v) is 25.2. The number of likely N-dealkylation sites (N-methyl/N-ethyl adjacent to an activating group) is 1. The molecule has 1 unspecified atom stereocenters. The number of aliphatic imine (C=N–C) groups is 1. The number of nitrogens with zero attached hydrogens (tertiary/aromatic N) is 2. The summed E-state index contributed by atoms with van der Waals surface area (Å²) in [5.74, 6) is 2.34. The van der Waals surface area contributed by atoms with E-state index in [2.05, 4.69) is 36.2 Å². The van der Waals surface area contributed by atoms with Crippen molar-refractivity contribution in [2.75, 3.05) is 34.4 Å². The average Bonchev–Trinajstić information content (AvgIpc) is 3.04. The van der Waals surface area contributed by atoms with Crippen LogP contribution in [0.3, 0.4) is 0 Å². The number of rotatable bonds is 2. The van der Waals surface area contributed by atoms with Gasteiger partial charge in [-0.2, -0.15) is 0 Å². The zero-order chi connectivity index (χ0) is 30.4. The Morgan fingerprint density at radius 1 is 0.818 bits per heavy atom. The van der Waals surface area contributed by atoms with Crippen LogP contribution < -0.4 is 18.9 Å². The van der Waals surface area contributed by atoms with Crippen molar-refractivity contribution in [1.29, 1.82) is 0 Å². The molecule has 0 aliphatic carbocycles. The first-order valence-electron chi connectivity index (χ1n) is 15.0. The molecule has 8 heteroatoms. The minimum absolute atomic E-state index is 0.000130. The van der Waals surface area contributed by atoms with Gasteiger partial charge in [0, 0.05) is 36.7 Å². The highest BCUT2D eigenvalue weighted by atomic mass is 16.5. The van der Waals surface area contributed by atoms with Crippen molar-refractivity contribution in [3.8, 4) is 40.2 Å². The van der Waals surface area contributed by atoms with Gasteiger partial charge in [-0.25, -0.2) is 0 Å². The molecule has 10 rings (SSSR count). The second-order valence-electron chi connectivity index (χ2n) is 11.7. The molecule has 6 aliphatic rings. The van der Waals surface area contributed by atoms with E-state index in [1.165, 1.54) is 0 Å². The molecule has 4 aromatic rings.